The zero-order chi connectivity index (χ0) is 32.5. The van der Waals surface area contributed by atoms with Crippen molar-refractivity contribution in [2.24, 2.45) is 0 Å². The van der Waals surface area contributed by atoms with Crippen LogP contribution in [0, 0.1) is 12.4 Å². The molecule has 238 valence electrons. The number of nitrogens with zero attached hydrogens (tertiary/aromatic N) is 4. The Bertz CT molecular complexity index is 2690. The fraction of sp³-hybridized carbons (Fsp3) is 0. The van der Waals surface area contributed by atoms with Gasteiger partial charge in [-0.3, -0.25) is 4.57 Å². The third-order valence-electron chi connectivity index (χ3n) is 9.54. The van der Waals surface area contributed by atoms with Gasteiger partial charge < -0.3 is 14.2 Å². The van der Waals surface area contributed by atoms with Crippen LogP contribution >= 0.6 is 0 Å². The van der Waals surface area contributed by atoms with E-state index < -0.39 is 0 Å². The maximum Gasteiger partial charge on any atom is 2.00 e. The zero-order valence-electron chi connectivity index (χ0n) is 26.6. The first-order chi connectivity index (χ1) is 24.3. The van der Waals surface area contributed by atoms with Crippen LogP contribution in [-0.4, -0.2) is 19.2 Å². The summed E-state index contributed by atoms with van der Waals surface area (Å²) in [6, 6.07) is 55.7. The molecule has 0 saturated heterocycles. The molecule has 0 atom stereocenters. The minimum atomic E-state index is 0. The van der Waals surface area contributed by atoms with Crippen LogP contribution in [0.15, 0.2) is 158 Å². The van der Waals surface area contributed by atoms with E-state index in [4.69, 9.17) is 4.98 Å². The van der Waals surface area contributed by atoms with Crippen molar-refractivity contribution < 1.29 is 30.7 Å². The Morgan fingerprint density at radius 2 is 1.22 bits per heavy atom. The van der Waals surface area contributed by atoms with Crippen molar-refractivity contribution in [3.05, 3.63) is 170 Å². The first kappa shape index (κ1) is 30.1. The normalized spacial score (nSPS) is 11.5. The fourth-order valence-electron chi connectivity index (χ4n) is 7.42. The Morgan fingerprint density at radius 1 is 0.580 bits per heavy atom. The third kappa shape index (κ3) is 4.44. The van der Waals surface area contributed by atoms with Gasteiger partial charge in [-0.15, -0.1) is 17.7 Å². The van der Waals surface area contributed by atoms with Crippen molar-refractivity contribution in [2.45, 2.75) is 0 Å². The molecule has 0 unspecified atom stereocenters. The number of aromatic hydroxyl groups is 1. The van der Waals surface area contributed by atoms with E-state index in [1.165, 1.54) is 0 Å². The van der Waals surface area contributed by atoms with Gasteiger partial charge in [-0.05, 0) is 58.3 Å². The van der Waals surface area contributed by atoms with Crippen molar-refractivity contribution in [1.82, 2.24) is 14.1 Å². The minimum absolute atomic E-state index is 0. The Morgan fingerprint density at radius 3 is 2.02 bits per heavy atom. The predicted molar refractivity (Wildman–Crippen MR) is 194 cm³/mol. The number of benzene rings is 6. The molecule has 6 aromatic carbocycles. The predicted octanol–water partition coefficient (Wildman–Crippen LogP) is 9.53. The average molecular weight is 823 g/mol. The van der Waals surface area contributed by atoms with E-state index in [1.807, 2.05) is 53.2 Å². The van der Waals surface area contributed by atoms with Crippen molar-refractivity contribution >= 4 is 21.9 Å². The van der Waals surface area contributed by atoms with Gasteiger partial charge in [-0.1, -0.05) is 120 Å². The molecule has 1 aliphatic rings. The van der Waals surface area contributed by atoms with Gasteiger partial charge in [0.05, 0.1) is 16.9 Å². The molecule has 50 heavy (non-hydrogen) atoms. The molecule has 0 bridgehead atoms. The summed E-state index contributed by atoms with van der Waals surface area (Å²) in [5, 5.41) is 13.5. The average Bonchev–Trinajstić information content (AvgIpc) is 3.71. The van der Waals surface area contributed by atoms with Crippen LogP contribution in [0.3, 0.4) is 0 Å². The van der Waals surface area contributed by atoms with E-state index in [-0.39, 0.29) is 26.8 Å². The van der Waals surface area contributed by atoms with Gasteiger partial charge in [0.15, 0.2) is 0 Å². The van der Waals surface area contributed by atoms with Gasteiger partial charge >= 0.3 is 21.1 Å². The van der Waals surface area contributed by atoms with E-state index in [2.05, 4.69) is 125 Å². The SMILES string of the molecule is Oc1ccccc1-[n+]1[c-]n2c(c1-c1ccccc1)-c1ccccc1-c1ccccc1-c1ccc(-n3c4ccccc4c4cccnc43)[c-]c1-2.[Pt+2]. The maximum absolute atomic E-state index is 11.2. The number of hydrogen-bond donors (Lipinski definition) is 1. The second-order valence-electron chi connectivity index (χ2n) is 12.2. The van der Waals surface area contributed by atoms with Crippen molar-refractivity contribution in [1.29, 1.82) is 0 Å². The number of imidazole rings is 1. The molecule has 0 radical (unpaired) electrons. The standard InChI is InChI=1S/C44H27N4O.Pt/c49-41-23-11-10-22-39(41)46-28-47-40-27-30(48-38-21-9-8-18-34(38)37-20-12-26-45-44(37)48)24-25-35(40)32-16-5-4-15-31(32)33-17-6-7-19-36(33)43(47)42(46)29-13-2-1-3-14-29;/h1-26,49H;/q-1;+2. The Kier molecular flexibility index (Phi) is 7.11. The summed E-state index contributed by atoms with van der Waals surface area (Å²) in [7, 11) is 0. The number of pyridine rings is 1. The molecule has 1 N–H and O–H groups in total. The van der Waals surface area contributed by atoms with E-state index in [1.54, 1.807) is 6.07 Å². The Hall–Kier alpha value is -6.03. The second kappa shape index (κ2) is 11.8. The van der Waals surface area contributed by atoms with Crippen LogP contribution < -0.4 is 4.57 Å². The van der Waals surface area contributed by atoms with E-state index >= 15 is 0 Å². The van der Waals surface area contributed by atoms with Gasteiger partial charge in [0.2, 0.25) is 0 Å². The van der Waals surface area contributed by atoms with Gasteiger partial charge in [0.25, 0.3) is 6.33 Å². The minimum Gasteiger partial charge on any atom is -0.511 e. The summed E-state index contributed by atoms with van der Waals surface area (Å²) in [6.45, 7) is 0. The smallest absolute Gasteiger partial charge is 0.511 e. The van der Waals surface area contributed by atoms with Gasteiger partial charge in [0, 0.05) is 17.0 Å². The summed E-state index contributed by atoms with van der Waals surface area (Å²) in [5.74, 6) is 0.172. The maximum atomic E-state index is 11.2. The molecule has 9 aromatic rings. The van der Waals surface area contributed by atoms with Crippen LogP contribution in [-0.2, 0) is 21.1 Å². The molecule has 1 aliphatic heterocycles. The third-order valence-corrected chi connectivity index (χ3v) is 9.54. The van der Waals surface area contributed by atoms with Crippen LogP contribution in [0.25, 0.3) is 83.8 Å². The number of para-hydroxylation sites is 3. The van der Waals surface area contributed by atoms with Crippen LogP contribution in [0.5, 0.6) is 5.75 Å². The number of fused-ring (bicyclic) bond motifs is 11. The molecule has 4 heterocycles. The first-order valence-electron chi connectivity index (χ1n) is 16.3. The summed E-state index contributed by atoms with van der Waals surface area (Å²) >= 11 is 0. The largest absolute Gasteiger partial charge is 2.00 e. The summed E-state index contributed by atoms with van der Waals surface area (Å²) < 4.78 is 6.31. The monoisotopic (exact) mass is 822 g/mol. The molecular weight excluding hydrogens is 796 g/mol. The van der Waals surface area contributed by atoms with Gasteiger partial charge in [0.1, 0.15) is 17.1 Å². The molecule has 0 aliphatic carbocycles. The Labute approximate surface area is 303 Å². The number of hydrogen-bond acceptors (Lipinski definition) is 2. The quantitative estimate of drug-likeness (QED) is 0.143. The van der Waals surface area contributed by atoms with E-state index in [0.717, 1.165) is 78.1 Å². The molecule has 3 aromatic heterocycles. The number of aromatic nitrogens is 4. The van der Waals surface area contributed by atoms with Crippen molar-refractivity contribution in [3.8, 4) is 67.6 Å². The molecule has 5 nitrogen and oxygen atoms in total. The first-order valence-corrected chi connectivity index (χ1v) is 16.3. The van der Waals surface area contributed by atoms with Crippen LogP contribution in [0.1, 0.15) is 0 Å². The van der Waals surface area contributed by atoms with Crippen molar-refractivity contribution in [2.75, 3.05) is 0 Å². The molecule has 0 saturated carbocycles. The topological polar surface area (TPSA) is 46.9 Å². The Balaban J connectivity index is 0.00000336. The molecule has 0 fully saturated rings. The molecule has 0 spiro atoms. The van der Waals surface area contributed by atoms with Gasteiger partial charge in [-0.25, -0.2) is 4.98 Å². The van der Waals surface area contributed by atoms with E-state index in [9.17, 15) is 5.11 Å². The molecule has 6 heteroatoms. The second-order valence-corrected chi connectivity index (χ2v) is 12.2. The van der Waals surface area contributed by atoms with Crippen molar-refractivity contribution in [3.63, 3.8) is 0 Å². The number of phenolic OH excluding ortho intramolecular Hbond substituents is 1. The van der Waals surface area contributed by atoms with Gasteiger partial charge in [-0.2, -0.15) is 6.07 Å². The number of phenols is 1. The number of rotatable bonds is 3. The summed E-state index contributed by atoms with van der Waals surface area (Å²) in [6.07, 6.45) is 5.56. The molecule has 0 amide bonds. The van der Waals surface area contributed by atoms with Crippen LogP contribution in [0.2, 0.25) is 0 Å². The van der Waals surface area contributed by atoms with Crippen LogP contribution in [0.4, 0.5) is 0 Å². The van der Waals surface area contributed by atoms with E-state index in [0.29, 0.717) is 5.69 Å². The summed E-state index contributed by atoms with van der Waals surface area (Å²) in [4.78, 5) is 4.85. The fourth-order valence-corrected chi connectivity index (χ4v) is 7.42. The summed E-state index contributed by atoms with van der Waals surface area (Å²) in [5.41, 5.74) is 12.6. The zero-order valence-corrected chi connectivity index (χ0v) is 28.8. The molecule has 10 rings (SSSR count). The molecular formula is C44H27N4OPt+.